The first-order chi connectivity index (χ1) is 13.6. The number of rotatable bonds is 3. The van der Waals surface area contributed by atoms with Gasteiger partial charge in [0.1, 0.15) is 0 Å². The summed E-state index contributed by atoms with van der Waals surface area (Å²) in [6.45, 7) is 3.28. The molecule has 1 saturated heterocycles. The van der Waals surface area contributed by atoms with Gasteiger partial charge in [0, 0.05) is 23.2 Å². The van der Waals surface area contributed by atoms with Gasteiger partial charge in [-0.15, -0.1) is 0 Å². The summed E-state index contributed by atoms with van der Waals surface area (Å²) in [5.41, 5.74) is 2.58. The lowest BCUT2D eigenvalue weighted by atomic mass is 10.2. The maximum atomic E-state index is 12.4. The van der Waals surface area contributed by atoms with Crippen molar-refractivity contribution in [3.63, 3.8) is 0 Å². The smallest absolute Gasteiger partial charge is 0.258 e. The van der Waals surface area contributed by atoms with Crippen LogP contribution >= 0.6 is 39.5 Å². The number of amides is 1. The SMILES string of the molecule is O=C(NC(=S)Nc1nc2ccc(N3CCOCC3)cc2s1)c1ccccc1Br. The number of morpholine rings is 1. The van der Waals surface area contributed by atoms with Crippen LogP contribution in [0.1, 0.15) is 10.4 Å². The fraction of sp³-hybridized carbons (Fsp3) is 0.211. The number of hydrogen-bond donors (Lipinski definition) is 2. The summed E-state index contributed by atoms with van der Waals surface area (Å²) in [4.78, 5) is 19.2. The van der Waals surface area contributed by atoms with Crippen LogP contribution in [-0.2, 0) is 4.74 Å². The molecule has 28 heavy (non-hydrogen) atoms. The summed E-state index contributed by atoms with van der Waals surface area (Å²) in [6, 6.07) is 13.4. The number of fused-ring (bicyclic) bond motifs is 1. The molecule has 0 radical (unpaired) electrons. The fourth-order valence-electron chi connectivity index (χ4n) is 2.93. The zero-order valence-electron chi connectivity index (χ0n) is 14.8. The third-order valence-corrected chi connectivity index (χ3v) is 6.14. The predicted molar refractivity (Wildman–Crippen MR) is 120 cm³/mol. The van der Waals surface area contributed by atoms with Crippen molar-refractivity contribution in [2.24, 2.45) is 0 Å². The van der Waals surface area contributed by atoms with E-state index in [1.165, 1.54) is 11.3 Å². The average molecular weight is 477 g/mol. The van der Waals surface area contributed by atoms with E-state index >= 15 is 0 Å². The van der Waals surface area contributed by atoms with Crippen LogP contribution in [0.5, 0.6) is 0 Å². The first-order valence-corrected chi connectivity index (χ1v) is 10.7. The molecular weight excluding hydrogens is 460 g/mol. The Balaban J connectivity index is 1.44. The first-order valence-electron chi connectivity index (χ1n) is 8.70. The molecule has 2 N–H and O–H groups in total. The first kappa shape index (κ1) is 19.3. The van der Waals surface area contributed by atoms with Crippen molar-refractivity contribution in [1.29, 1.82) is 0 Å². The molecule has 1 aliphatic heterocycles. The molecular formula is C19H17BrN4O2S2. The Labute approximate surface area is 180 Å². The molecule has 2 heterocycles. The second kappa shape index (κ2) is 8.52. The fourth-order valence-corrected chi connectivity index (χ4v) is 4.55. The maximum Gasteiger partial charge on any atom is 0.258 e. The number of benzene rings is 2. The molecule has 1 aromatic heterocycles. The van der Waals surface area contributed by atoms with E-state index < -0.39 is 0 Å². The maximum absolute atomic E-state index is 12.4. The van der Waals surface area contributed by atoms with Crippen LogP contribution in [0.2, 0.25) is 0 Å². The van der Waals surface area contributed by atoms with Crippen LogP contribution in [0.4, 0.5) is 10.8 Å². The van der Waals surface area contributed by atoms with Gasteiger partial charge in [-0.05, 0) is 58.5 Å². The number of halogens is 1. The number of aromatic nitrogens is 1. The molecule has 9 heteroatoms. The highest BCUT2D eigenvalue weighted by molar-refractivity contribution is 9.10. The van der Waals surface area contributed by atoms with Crippen molar-refractivity contribution in [2.75, 3.05) is 36.5 Å². The van der Waals surface area contributed by atoms with Crippen LogP contribution < -0.4 is 15.5 Å². The minimum absolute atomic E-state index is 0.216. The van der Waals surface area contributed by atoms with Crippen molar-refractivity contribution < 1.29 is 9.53 Å². The molecule has 0 bridgehead atoms. The van der Waals surface area contributed by atoms with Crippen molar-refractivity contribution in [3.05, 3.63) is 52.5 Å². The Hall–Kier alpha value is -2.07. The number of thiocarbonyl (C=S) groups is 1. The van der Waals surface area contributed by atoms with E-state index in [-0.39, 0.29) is 11.0 Å². The molecule has 0 saturated carbocycles. The molecule has 4 rings (SSSR count). The quantitative estimate of drug-likeness (QED) is 0.556. The van der Waals surface area contributed by atoms with Gasteiger partial charge in [-0.2, -0.15) is 0 Å². The summed E-state index contributed by atoms with van der Waals surface area (Å²) in [6.07, 6.45) is 0. The van der Waals surface area contributed by atoms with Crippen molar-refractivity contribution >= 4 is 71.5 Å². The highest BCUT2D eigenvalue weighted by Crippen LogP contribution is 2.30. The van der Waals surface area contributed by atoms with E-state index in [0.717, 1.165) is 42.2 Å². The molecule has 0 unspecified atom stereocenters. The minimum Gasteiger partial charge on any atom is -0.378 e. The topological polar surface area (TPSA) is 66.5 Å². The van der Waals surface area contributed by atoms with Crippen LogP contribution in [0, 0.1) is 0 Å². The molecule has 3 aromatic rings. The van der Waals surface area contributed by atoms with Crippen molar-refractivity contribution in [2.45, 2.75) is 0 Å². The summed E-state index contributed by atoms with van der Waals surface area (Å²) >= 11 is 10.1. The minimum atomic E-state index is -0.277. The van der Waals surface area contributed by atoms with E-state index in [1.807, 2.05) is 18.2 Å². The zero-order chi connectivity index (χ0) is 19.5. The molecule has 2 aromatic carbocycles. The molecule has 1 amide bonds. The lowest BCUT2D eigenvalue weighted by Gasteiger charge is -2.28. The van der Waals surface area contributed by atoms with Crippen LogP contribution in [0.25, 0.3) is 10.2 Å². The van der Waals surface area contributed by atoms with Gasteiger partial charge in [-0.1, -0.05) is 23.5 Å². The van der Waals surface area contributed by atoms with Gasteiger partial charge in [0.05, 0.1) is 29.0 Å². The van der Waals surface area contributed by atoms with Gasteiger partial charge in [0.15, 0.2) is 10.2 Å². The zero-order valence-corrected chi connectivity index (χ0v) is 18.0. The standard InChI is InChI=1S/C19H17BrN4O2S2/c20-14-4-2-1-3-13(14)17(25)22-18(27)23-19-21-15-6-5-12(11-16(15)28-19)24-7-9-26-10-8-24/h1-6,11H,7-10H2,(H2,21,22,23,25,27). The normalized spacial score (nSPS) is 14.1. The Morgan fingerprint density at radius 3 is 2.79 bits per heavy atom. The Morgan fingerprint density at radius 2 is 2.00 bits per heavy atom. The number of hydrogen-bond acceptors (Lipinski definition) is 6. The number of anilines is 2. The lowest BCUT2D eigenvalue weighted by molar-refractivity contribution is 0.0977. The second-order valence-electron chi connectivity index (χ2n) is 6.16. The molecule has 0 atom stereocenters. The van der Waals surface area contributed by atoms with E-state index in [0.29, 0.717) is 15.2 Å². The van der Waals surface area contributed by atoms with Gasteiger partial charge >= 0.3 is 0 Å². The number of carbonyl (C=O) groups excluding carboxylic acids is 1. The van der Waals surface area contributed by atoms with E-state index in [9.17, 15) is 4.79 Å². The summed E-state index contributed by atoms with van der Waals surface area (Å²) in [5.74, 6) is -0.277. The van der Waals surface area contributed by atoms with E-state index in [4.69, 9.17) is 17.0 Å². The Morgan fingerprint density at radius 1 is 1.21 bits per heavy atom. The van der Waals surface area contributed by atoms with E-state index in [2.05, 4.69) is 48.6 Å². The van der Waals surface area contributed by atoms with Crippen molar-refractivity contribution in [1.82, 2.24) is 10.3 Å². The van der Waals surface area contributed by atoms with Gasteiger partial charge in [0.25, 0.3) is 5.91 Å². The van der Waals surface area contributed by atoms with Gasteiger partial charge in [-0.3, -0.25) is 10.1 Å². The Kier molecular flexibility index (Phi) is 5.86. The number of nitrogens with one attached hydrogen (secondary N) is 2. The number of carbonyl (C=O) groups is 1. The highest BCUT2D eigenvalue weighted by atomic mass is 79.9. The molecule has 0 aliphatic carbocycles. The molecule has 0 spiro atoms. The average Bonchev–Trinajstić information content (AvgIpc) is 3.10. The van der Waals surface area contributed by atoms with Gasteiger partial charge < -0.3 is 15.0 Å². The van der Waals surface area contributed by atoms with Crippen molar-refractivity contribution in [3.8, 4) is 0 Å². The molecule has 144 valence electrons. The van der Waals surface area contributed by atoms with E-state index in [1.54, 1.807) is 12.1 Å². The Bertz CT molecular complexity index is 1030. The summed E-state index contributed by atoms with van der Waals surface area (Å²) < 4.78 is 7.19. The molecule has 1 aliphatic rings. The summed E-state index contributed by atoms with van der Waals surface area (Å²) in [5, 5.41) is 6.56. The third kappa shape index (κ3) is 4.33. The van der Waals surface area contributed by atoms with Gasteiger partial charge in [-0.25, -0.2) is 4.98 Å². The van der Waals surface area contributed by atoms with Gasteiger partial charge in [0.2, 0.25) is 0 Å². The summed E-state index contributed by atoms with van der Waals surface area (Å²) in [7, 11) is 0. The molecule has 6 nitrogen and oxygen atoms in total. The largest absolute Gasteiger partial charge is 0.378 e. The van der Waals surface area contributed by atoms with Crippen LogP contribution in [0.3, 0.4) is 0 Å². The second-order valence-corrected chi connectivity index (χ2v) is 8.45. The van der Waals surface area contributed by atoms with Crippen LogP contribution in [0.15, 0.2) is 46.9 Å². The number of ether oxygens (including phenoxy) is 1. The van der Waals surface area contributed by atoms with Crippen LogP contribution in [-0.4, -0.2) is 42.3 Å². The monoisotopic (exact) mass is 476 g/mol. The third-order valence-electron chi connectivity index (χ3n) is 4.31. The lowest BCUT2D eigenvalue weighted by Crippen LogP contribution is -2.36. The predicted octanol–water partition coefficient (Wildman–Crippen LogP) is 4.02. The highest BCUT2D eigenvalue weighted by Gasteiger charge is 2.14. The number of nitrogens with zero attached hydrogens (tertiary/aromatic N) is 2. The number of thiazole rings is 1. The molecule has 1 fully saturated rings.